The van der Waals surface area contributed by atoms with Crippen LogP contribution in [-0.4, -0.2) is 20.3 Å². The summed E-state index contributed by atoms with van der Waals surface area (Å²) in [6.45, 7) is 1.32. The van der Waals surface area contributed by atoms with Crippen molar-refractivity contribution in [1.29, 1.82) is 0 Å². The van der Waals surface area contributed by atoms with Crippen LogP contribution in [0.5, 0.6) is 0 Å². The zero-order valence-corrected chi connectivity index (χ0v) is 9.71. The minimum absolute atomic E-state index is 0.0365. The molecule has 0 amide bonds. The molecule has 0 fully saturated rings. The Morgan fingerprint density at radius 1 is 1.39 bits per heavy atom. The van der Waals surface area contributed by atoms with Crippen LogP contribution >= 0.6 is 0 Å². The van der Waals surface area contributed by atoms with Crippen molar-refractivity contribution >= 4 is 5.78 Å². The van der Waals surface area contributed by atoms with Gasteiger partial charge in [-0.05, 0) is 19.1 Å². The number of carbonyl (C=O) groups excluding carboxylic acids is 1. The fourth-order valence-electron chi connectivity index (χ4n) is 1.56. The molecule has 0 bridgehead atoms. The fraction of sp³-hybridized carbons (Fsp3) is 0.167. The lowest BCUT2D eigenvalue weighted by Crippen LogP contribution is -2.38. The molecular weight excluding hydrogens is 234 g/mol. The number of ketones is 1. The molecule has 2 aromatic heterocycles. The second kappa shape index (κ2) is 4.79. The Balaban J connectivity index is 2.51. The van der Waals surface area contributed by atoms with Crippen LogP contribution in [-0.2, 0) is 6.54 Å². The summed E-state index contributed by atoms with van der Waals surface area (Å²) in [5, 5.41) is 0. The van der Waals surface area contributed by atoms with E-state index in [9.17, 15) is 14.4 Å². The number of pyridine rings is 1. The summed E-state index contributed by atoms with van der Waals surface area (Å²) in [6.07, 6.45) is 2.71. The Morgan fingerprint density at radius 3 is 2.78 bits per heavy atom. The molecule has 2 aromatic rings. The molecule has 0 unspecified atom stereocenters. The van der Waals surface area contributed by atoms with Crippen LogP contribution < -0.4 is 11.2 Å². The van der Waals surface area contributed by atoms with Crippen molar-refractivity contribution in [2.24, 2.45) is 0 Å². The summed E-state index contributed by atoms with van der Waals surface area (Å²) < 4.78 is 0.957. The lowest BCUT2D eigenvalue weighted by molar-refractivity contribution is 0.101. The third-order valence-corrected chi connectivity index (χ3v) is 2.49. The molecular formula is C12H11N3O3. The zero-order chi connectivity index (χ0) is 13.1. The van der Waals surface area contributed by atoms with E-state index < -0.39 is 11.2 Å². The monoisotopic (exact) mass is 245 g/mol. The van der Waals surface area contributed by atoms with Crippen molar-refractivity contribution in [1.82, 2.24) is 14.5 Å². The van der Waals surface area contributed by atoms with Crippen molar-refractivity contribution in [2.75, 3.05) is 0 Å². The number of aromatic amines is 1. The summed E-state index contributed by atoms with van der Waals surface area (Å²) >= 11 is 0. The first-order chi connectivity index (χ1) is 8.59. The van der Waals surface area contributed by atoms with Crippen LogP contribution in [0.2, 0.25) is 0 Å². The number of H-pyrrole nitrogens is 1. The Bertz CT molecular complexity index is 686. The fourth-order valence-corrected chi connectivity index (χ4v) is 1.56. The van der Waals surface area contributed by atoms with Gasteiger partial charge in [0.1, 0.15) is 0 Å². The highest BCUT2D eigenvalue weighted by atomic mass is 16.2. The molecule has 2 heterocycles. The second-order valence-electron chi connectivity index (χ2n) is 3.78. The van der Waals surface area contributed by atoms with Crippen molar-refractivity contribution in [3.05, 3.63) is 62.7 Å². The van der Waals surface area contributed by atoms with Gasteiger partial charge in [-0.15, -0.1) is 0 Å². The van der Waals surface area contributed by atoms with Crippen LogP contribution in [0.4, 0.5) is 0 Å². The maximum absolute atomic E-state index is 11.9. The summed E-state index contributed by atoms with van der Waals surface area (Å²) in [5.74, 6) is -0.383. The quantitative estimate of drug-likeness (QED) is 0.782. The molecule has 0 saturated carbocycles. The van der Waals surface area contributed by atoms with E-state index >= 15 is 0 Å². The second-order valence-corrected chi connectivity index (χ2v) is 3.78. The van der Waals surface area contributed by atoms with Gasteiger partial charge in [-0.3, -0.25) is 19.1 Å². The van der Waals surface area contributed by atoms with Gasteiger partial charge in [-0.1, -0.05) is 6.07 Å². The normalized spacial score (nSPS) is 10.3. The molecule has 6 heteroatoms. The van der Waals surface area contributed by atoms with Gasteiger partial charge in [0.25, 0.3) is 5.56 Å². The first-order valence-corrected chi connectivity index (χ1v) is 5.33. The van der Waals surface area contributed by atoms with Crippen molar-refractivity contribution in [2.45, 2.75) is 13.5 Å². The molecule has 1 N–H and O–H groups in total. The number of nitrogens with zero attached hydrogens (tertiary/aromatic N) is 2. The average molecular weight is 245 g/mol. The minimum atomic E-state index is -0.600. The van der Waals surface area contributed by atoms with E-state index in [1.807, 2.05) is 0 Å². The maximum Gasteiger partial charge on any atom is 0.328 e. The number of hydrogen-bond donors (Lipinski definition) is 1. The first-order valence-electron chi connectivity index (χ1n) is 5.33. The first kappa shape index (κ1) is 12.0. The van der Waals surface area contributed by atoms with Gasteiger partial charge in [-0.2, -0.15) is 0 Å². The number of aromatic nitrogens is 3. The molecule has 0 aromatic carbocycles. The third-order valence-electron chi connectivity index (χ3n) is 2.49. The Hall–Kier alpha value is -2.50. The average Bonchev–Trinajstić information content (AvgIpc) is 2.35. The van der Waals surface area contributed by atoms with E-state index in [1.165, 1.54) is 6.92 Å². The molecule has 92 valence electrons. The van der Waals surface area contributed by atoms with Crippen LogP contribution in [0.15, 0.2) is 40.2 Å². The lowest BCUT2D eigenvalue weighted by atomic mass is 10.2. The van der Waals surface area contributed by atoms with Gasteiger partial charge in [0.15, 0.2) is 5.78 Å². The van der Waals surface area contributed by atoms with E-state index in [2.05, 4.69) is 9.97 Å². The number of nitrogens with one attached hydrogen (secondary N) is 1. The molecule has 0 saturated heterocycles. The summed E-state index contributed by atoms with van der Waals surface area (Å²) in [7, 11) is 0. The molecule has 0 spiro atoms. The van der Waals surface area contributed by atoms with Gasteiger partial charge in [0.05, 0.1) is 17.8 Å². The van der Waals surface area contributed by atoms with Crippen LogP contribution in [0.1, 0.15) is 23.0 Å². The number of hydrogen-bond acceptors (Lipinski definition) is 4. The van der Waals surface area contributed by atoms with Gasteiger partial charge in [-0.25, -0.2) is 4.79 Å². The summed E-state index contributed by atoms with van der Waals surface area (Å²) in [4.78, 5) is 41.2. The minimum Gasteiger partial charge on any atom is -0.313 e. The number of Topliss-reactive ketones (excluding diaryl/α,β-unsaturated/α-hetero) is 1. The molecule has 0 radical (unpaired) electrons. The molecule has 0 aliphatic rings. The molecule has 0 atom stereocenters. The molecule has 0 aliphatic heterocycles. The Kier molecular flexibility index (Phi) is 3.18. The highest BCUT2D eigenvalue weighted by Crippen LogP contribution is 1.95. The Morgan fingerprint density at radius 2 is 2.17 bits per heavy atom. The molecule has 6 nitrogen and oxygen atoms in total. The smallest absolute Gasteiger partial charge is 0.313 e. The van der Waals surface area contributed by atoms with E-state index in [0.29, 0.717) is 5.69 Å². The predicted octanol–water partition coefficient (Wildman–Crippen LogP) is 0.183. The van der Waals surface area contributed by atoms with E-state index in [1.54, 1.807) is 24.4 Å². The van der Waals surface area contributed by atoms with E-state index in [4.69, 9.17) is 0 Å². The van der Waals surface area contributed by atoms with Gasteiger partial charge in [0, 0.05) is 12.4 Å². The largest absolute Gasteiger partial charge is 0.328 e. The Labute approximate surface area is 102 Å². The topological polar surface area (TPSA) is 84.8 Å². The number of carbonyl (C=O) groups is 1. The highest BCUT2D eigenvalue weighted by Gasteiger charge is 2.11. The molecule has 0 aliphatic carbocycles. The third kappa shape index (κ3) is 2.27. The predicted molar refractivity (Wildman–Crippen MR) is 64.7 cm³/mol. The van der Waals surface area contributed by atoms with Crippen LogP contribution in [0, 0.1) is 0 Å². The van der Waals surface area contributed by atoms with Crippen molar-refractivity contribution in [3.8, 4) is 0 Å². The standard InChI is InChI=1S/C12H11N3O3/c1-8(16)10-6-14-12(18)15(11(10)17)7-9-4-2-3-5-13-9/h2-6H,7H2,1H3,(H,14,18). The highest BCUT2D eigenvalue weighted by molar-refractivity contribution is 5.93. The van der Waals surface area contributed by atoms with Crippen LogP contribution in [0.3, 0.4) is 0 Å². The number of rotatable bonds is 3. The SMILES string of the molecule is CC(=O)c1c[nH]c(=O)n(Cc2ccccn2)c1=O. The zero-order valence-electron chi connectivity index (χ0n) is 9.71. The van der Waals surface area contributed by atoms with E-state index in [0.717, 1.165) is 10.8 Å². The molecule has 2 rings (SSSR count). The van der Waals surface area contributed by atoms with Gasteiger partial charge < -0.3 is 4.98 Å². The van der Waals surface area contributed by atoms with Crippen molar-refractivity contribution in [3.63, 3.8) is 0 Å². The van der Waals surface area contributed by atoms with Crippen LogP contribution in [0.25, 0.3) is 0 Å². The van der Waals surface area contributed by atoms with Gasteiger partial charge >= 0.3 is 5.69 Å². The summed E-state index contributed by atoms with van der Waals surface area (Å²) in [5.41, 5.74) is -0.621. The lowest BCUT2D eigenvalue weighted by Gasteiger charge is -2.04. The maximum atomic E-state index is 11.9. The summed E-state index contributed by atoms with van der Waals surface area (Å²) in [6, 6.07) is 5.20. The van der Waals surface area contributed by atoms with E-state index in [-0.39, 0.29) is 17.9 Å². The van der Waals surface area contributed by atoms with Gasteiger partial charge in [0.2, 0.25) is 0 Å². The van der Waals surface area contributed by atoms with Crippen molar-refractivity contribution < 1.29 is 4.79 Å². The molecule has 18 heavy (non-hydrogen) atoms.